The van der Waals surface area contributed by atoms with Gasteiger partial charge in [-0.05, 0) is 18.1 Å². The van der Waals surface area contributed by atoms with E-state index in [2.05, 4.69) is 20.9 Å². The van der Waals surface area contributed by atoms with Crippen molar-refractivity contribution >= 4 is 46.5 Å². The van der Waals surface area contributed by atoms with E-state index in [1.165, 1.54) is 0 Å². The van der Waals surface area contributed by atoms with Crippen LogP contribution in [0, 0.1) is 0 Å². The van der Waals surface area contributed by atoms with Gasteiger partial charge in [-0.15, -0.1) is 0 Å². The summed E-state index contributed by atoms with van der Waals surface area (Å²) in [6.45, 7) is -0.646. The van der Waals surface area contributed by atoms with Crippen LogP contribution in [0.5, 0.6) is 0 Å². The predicted molar refractivity (Wildman–Crippen MR) is 125 cm³/mol. The van der Waals surface area contributed by atoms with Crippen LogP contribution in [-0.2, 0) is 35.2 Å². The fourth-order valence-corrected chi connectivity index (χ4v) is 3.36. The van der Waals surface area contributed by atoms with Crippen LogP contribution in [0.1, 0.15) is 24.8 Å². The number of carboxylic acids is 2. The summed E-state index contributed by atoms with van der Waals surface area (Å²) in [5, 5.41) is 25.7. The molecule has 0 aliphatic heterocycles. The van der Waals surface area contributed by atoms with Crippen molar-refractivity contribution in [1.82, 2.24) is 20.9 Å². The van der Waals surface area contributed by atoms with Gasteiger partial charge in [0.25, 0.3) is 0 Å². The van der Waals surface area contributed by atoms with Gasteiger partial charge in [0.1, 0.15) is 12.1 Å². The summed E-state index contributed by atoms with van der Waals surface area (Å²) in [7, 11) is 0. The molecule has 1 aromatic carbocycles. The fourth-order valence-electron chi connectivity index (χ4n) is 3.36. The van der Waals surface area contributed by atoms with E-state index >= 15 is 0 Å². The van der Waals surface area contributed by atoms with Gasteiger partial charge in [0.2, 0.25) is 23.6 Å². The lowest BCUT2D eigenvalue weighted by atomic mass is 10.0. The van der Waals surface area contributed by atoms with Crippen LogP contribution in [0.3, 0.4) is 0 Å². The molecule has 0 fully saturated rings. The van der Waals surface area contributed by atoms with Gasteiger partial charge >= 0.3 is 11.9 Å². The van der Waals surface area contributed by atoms with E-state index in [0.717, 1.165) is 10.9 Å². The zero-order chi connectivity index (χ0) is 26.8. The van der Waals surface area contributed by atoms with Crippen LogP contribution < -0.4 is 27.4 Å². The molecule has 36 heavy (non-hydrogen) atoms. The van der Waals surface area contributed by atoms with Gasteiger partial charge in [0, 0.05) is 29.9 Å². The summed E-state index contributed by atoms with van der Waals surface area (Å²) in [5.41, 5.74) is 12.2. The highest BCUT2D eigenvalue weighted by Gasteiger charge is 2.27. The maximum atomic E-state index is 12.5. The van der Waals surface area contributed by atoms with E-state index in [1.54, 1.807) is 12.3 Å². The molecule has 0 saturated heterocycles. The highest BCUT2D eigenvalue weighted by atomic mass is 16.4. The zero-order valence-electron chi connectivity index (χ0n) is 19.2. The van der Waals surface area contributed by atoms with Gasteiger partial charge in [0.05, 0.1) is 19.0 Å². The second-order valence-corrected chi connectivity index (χ2v) is 8.01. The molecule has 0 aliphatic rings. The number of fused-ring (bicyclic) bond motifs is 1. The van der Waals surface area contributed by atoms with Gasteiger partial charge in [-0.25, -0.2) is 4.79 Å². The Hall–Kier alpha value is -4.46. The Morgan fingerprint density at radius 2 is 1.67 bits per heavy atom. The van der Waals surface area contributed by atoms with Crippen molar-refractivity contribution in [3.8, 4) is 0 Å². The Morgan fingerprint density at radius 1 is 0.972 bits per heavy atom. The second kappa shape index (κ2) is 12.9. The van der Waals surface area contributed by atoms with Crippen molar-refractivity contribution in [2.75, 3.05) is 6.54 Å². The third-order valence-corrected chi connectivity index (χ3v) is 5.20. The number of aromatic amines is 1. The highest BCUT2D eigenvalue weighted by molar-refractivity contribution is 5.95. The molecule has 0 saturated carbocycles. The maximum absolute atomic E-state index is 12.5. The van der Waals surface area contributed by atoms with Crippen LogP contribution in [0.2, 0.25) is 0 Å². The average molecular weight is 505 g/mol. The number of nitrogens with one attached hydrogen (secondary N) is 4. The van der Waals surface area contributed by atoms with Gasteiger partial charge in [-0.2, -0.15) is 0 Å². The lowest BCUT2D eigenvalue weighted by molar-refractivity contribution is -0.142. The van der Waals surface area contributed by atoms with Crippen molar-refractivity contribution in [1.29, 1.82) is 0 Å². The number of carbonyl (C=O) groups excluding carboxylic acids is 4. The SMILES string of the molecule is NC(=O)CC(NC(=O)C(N)CCC(=O)O)C(=O)NCC(=O)NC(Cc1c[nH]c2ccccc12)C(=O)O. The fraction of sp³-hybridized carbons (Fsp3) is 0.364. The smallest absolute Gasteiger partial charge is 0.326 e. The van der Waals surface area contributed by atoms with Gasteiger partial charge in [-0.3, -0.25) is 24.0 Å². The number of H-pyrrole nitrogens is 1. The van der Waals surface area contributed by atoms with Gasteiger partial charge in [0.15, 0.2) is 0 Å². The van der Waals surface area contributed by atoms with Crippen LogP contribution in [0.4, 0.5) is 0 Å². The Morgan fingerprint density at radius 3 is 2.31 bits per heavy atom. The normalized spacial score (nSPS) is 13.2. The Balaban J connectivity index is 1.95. The number of nitrogens with two attached hydrogens (primary N) is 2. The Bertz CT molecular complexity index is 1150. The first-order valence-electron chi connectivity index (χ1n) is 10.9. The molecule has 1 heterocycles. The number of primary amides is 1. The number of hydrogen-bond acceptors (Lipinski definition) is 7. The number of rotatable bonds is 14. The topological polar surface area (TPSA) is 247 Å². The first kappa shape index (κ1) is 27.8. The summed E-state index contributed by atoms with van der Waals surface area (Å²) >= 11 is 0. The largest absolute Gasteiger partial charge is 0.481 e. The molecule has 2 rings (SSSR count). The van der Waals surface area contributed by atoms with Gasteiger partial charge in [-0.1, -0.05) is 18.2 Å². The van der Waals surface area contributed by atoms with Crippen LogP contribution in [0.15, 0.2) is 30.5 Å². The highest BCUT2D eigenvalue weighted by Crippen LogP contribution is 2.19. The number of aromatic nitrogens is 1. The molecule has 0 spiro atoms. The third kappa shape index (κ3) is 8.39. The number of para-hydroxylation sites is 1. The molecule has 2 aromatic rings. The average Bonchev–Trinajstić information content (AvgIpc) is 3.22. The second-order valence-electron chi connectivity index (χ2n) is 8.01. The molecule has 1 aromatic heterocycles. The first-order chi connectivity index (χ1) is 17.0. The number of amides is 4. The minimum absolute atomic E-state index is 0.0202. The minimum Gasteiger partial charge on any atom is -0.481 e. The molecule has 0 bridgehead atoms. The zero-order valence-corrected chi connectivity index (χ0v) is 19.2. The summed E-state index contributed by atoms with van der Waals surface area (Å²) in [4.78, 5) is 73.6. The summed E-state index contributed by atoms with van der Waals surface area (Å²) in [6.07, 6.45) is 0.426. The quantitative estimate of drug-likeness (QED) is 0.141. The Labute approximate surface area is 204 Å². The molecule has 3 unspecified atom stereocenters. The lowest BCUT2D eigenvalue weighted by Crippen LogP contribution is -2.54. The summed E-state index contributed by atoms with van der Waals surface area (Å²) in [5.74, 6) is -6.02. The Kier molecular flexibility index (Phi) is 9.92. The number of hydrogen-bond donors (Lipinski definition) is 8. The number of aliphatic carboxylic acids is 2. The van der Waals surface area contributed by atoms with E-state index in [-0.39, 0.29) is 19.3 Å². The van der Waals surface area contributed by atoms with E-state index < -0.39 is 66.7 Å². The monoisotopic (exact) mass is 504 g/mol. The first-order valence-corrected chi connectivity index (χ1v) is 10.9. The predicted octanol–water partition coefficient (Wildman–Crippen LogP) is -2.05. The van der Waals surface area contributed by atoms with E-state index in [9.17, 15) is 33.9 Å². The number of carbonyl (C=O) groups is 6. The van der Waals surface area contributed by atoms with Crippen LogP contribution in [0.25, 0.3) is 10.9 Å². The van der Waals surface area contributed by atoms with Crippen molar-refractivity contribution in [2.45, 2.75) is 43.8 Å². The molecule has 10 N–H and O–H groups in total. The van der Waals surface area contributed by atoms with E-state index in [0.29, 0.717) is 5.56 Å². The van der Waals surface area contributed by atoms with E-state index in [4.69, 9.17) is 16.6 Å². The standard InChI is InChI=1S/C22H28N6O8/c23-13(5-6-19(31)32)20(33)28-15(8-17(24)29)21(34)26-10-18(30)27-16(22(35)36)7-11-9-25-14-4-2-1-3-12(11)14/h1-4,9,13,15-16,25H,5-8,10,23H2,(H2,24,29)(H,26,34)(H,27,30)(H,28,33)(H,31,32)(H,35,36). The van der Waals surface area contributed by atoms with Crippen molar-refractivity contribution in [3.05, 3.63) is 36.0 Å². The van der Waals surface area contributed by atoms with Crippen molar-refractivity contribution < 1.29 is 39.0 Å². The molecule has 194 valence electrons. The maximum Gasteiger partial charge on any atom is 0.326 e. The molecular weight excluding hydrogens is 476 g/mol. The molecular formula is C22H28N6O8. The summed E-state index contributed by atoms with van der Waals surface area (Å²) < 4.78 is 0. The molecule has 0 aliphatic carbocycles. The minimum atomic E-state index is -1.47. The lowest BCUT2D eigenvalue weighted by Gasteiger charge is -2.20. The molecule has 4 amide bonds. The molecule has 14 nitrogen and oxygen atoms in total. The number of benzene rings is 1. The molecule has 0 radical (unpaired) electrons. The van der Waals surface area contributed by atoms with Gasteiger partial charge < -0.3 is 42.6 Å². The van der Waals surface area contributed by atoms with Crippen LogP contribution in [-0.4, -0.2) is 75.4 Å². The number of carboxylic acid groups (broad SMARTS) is 2. The van der Waals surface area contributed by atoms with Crippen LogP contribution >= 0.6 is 0 Å². The van der Waals surface area contributed by atoms with Crippen molar-refractivity contribution in [2.24, 2.45) is 11.5 Å². The van der Waals surface area contributed by atoms with E-state index in [1.807, 2.05) is 18.2 Å². The molecule has 3 atom stereocenters. The summed E-state index contributed by atoms with van der Waals surface area (Å²) in [6, 6.07) is 3.23. The molecule has 14 heteroatoms. The van der Waals surface area contributed by atoms with Crippen molar-refractivity contribution in [3.63, 3.8) is 0 Å². The third-order valence-electron chi connectivity index (χ3n) is 5.20.